The predicted octanol–water partition coefficient (Wildman–Crippen LogP) is 2.57. The Balaban J connectivity index is 1.83. The van der Waals surface area contributed by atoms with Gasteiger partial charge in [-0.25, -0.2) is 22.0 Å². The van der Waals surface area contributed by atoms with E-state index in [1.807, 2.05) is 0 Å². The lowest BCUT2D eigenvalue weighted by molar-refractivity contribution is 0.290. The average Bonchev–Trinajstić information content (AvgIpc) is 2.90. The van der Waals surface area contributed by atoms with Gasteiger partial charge in [0, 0.05) is 31.2 Å². The van der Waals surface area contributed by atoms with Crippen molar-refractivity contribution in [3.8, 4) is 0 Å². The Morgan fingerprint density at radius 3 is 2.14 bits per heavy atom. The number of benzene rings is 1. The molecule has 0 aliphatic carbocycles. The molecule has 0 spiro atoms. The van der Waals surface area contributed by atoms with Crippen LogP contribution in [0, 0.1) is 35.0 Å². The monoisotopic (exact) mass is 306 g/mol. The maximum atomic E-state index is 13.7. The van der Waals surface area contributed by atoms with Crippen LogP contribution in [-0.2, 0) is 6.54 Å². The third-order valence-electron chi connectivity index (χ3n) is 4.36. The summed E-state index contributed by atoms with van der Waals surface area (Å²) in [5, 5.41) is 3.32. The molecule has 1 N–H and O–H groups in total. The first-order valence-corrected chi connectivity index (χ1v) is 6.95. The van der Waals surface area contributed by atoms with Gasteiger partial charge in [-0.3, -0.25) is 4.90 Å². The molecule has 0 aromatic heterocycles. The lowest BCUT2D eigenvalue weighted by Gasteiger charge is -2.24. The molecule has 116 valence electrons. The van der Waals surface area contributed by atoms with E-state index in [2.05, 4.69) is 5.32 Å². The molecule has 2 heterocycles. The number of piperidine rings is 1. The topological polar surface area (TPSA) is 15.3 Å². The average molecular weight is 306 g/mol. The Morgan fingerprint density at radius 1 is 0.905 bits per heavy atom. The van der Waals surface area contributed by atoms with Gasteiger partial charge in [0.2, 0.25) is 5.82 Å². The third kappa shape index (κ3) is 2.53. The van der Waals surface area contributed by atoms with Gasteiger partial charge >= 0.3 is 0 Å². The van der Waals surface area contributed by atoms with Gasteiger partial charge in [0.25, 0.3) is 0 Å². The van der Waals surface area contributed by atoms with Gasteiger partial charge in [0.05, 0.1) is 0 Å². The Kier molecular flexibility index (Phi) is 3.88. The quantitative estimate of drug-likeness (QED) is 0.513. The number of nitrogens with zero attached hydrogens (tertiary/aromatic N) is 1. The smallest absolute Gasteiger partial charge is 0.200 e. The largest absolute Gasteiger partial charge is 0.312 e. The van der Waals surface area contributed by atoms with Gasteiger partial charge in [-0.15, -0.1) is 0 Å². The molecule has 2 saturated heterocycles. The molecule has 2 nitrogen and oxygen atoms in total. The van der Waals surface area contributed by atoms with Crippen molar-refractivity contribution in [1.29, 1.82) is 0 Å². The van der Waals surface area contributed by atoms with Crippen LogP contribution in [0.1, 0.15) is 18.4 Å². The van der Waals surface area contributed by atoms with E-state index in [1.165, 1.54) is 0 Å². The fourth-order valence-electron chi connectivity index (χ4n) is 3.28. The molecular weight excluding hydrogens is 291 g/mol. The normalized spacial score (nSPS) is 26.1. The van der Waals surface area contributed by atoms with E-state index in [-0.39, 0.29) is 12.6 Å². The minimum atomic E-state index is -2.11. The molecule has 1 aromatic carbocycles. The summed E-state index contributed by atoms with van der Waals surface area (Å²) in [6, 6.07) is 0.236. The van der Waals surface area contributed by atoms with Crippen LogP contribution in [0.4, 0.5) is 22.0 Å². The zero-order valence-electron chi connectivity index (χ0n) is 11.2. The van der Waals surface area contributed by atoms with Gasteiger partial charge in [0.15, 0.2) is 23.3 Å². The van der Waals surface area contributed by atoms with E-state index in [0.717, 1.165) is 19.4 Å². The molecule has 3 rings (SSSR count). The van der Waals surface area contributed by atoms with Crippen LogP contribution in [0.25, 0.3) is 0 Å². The molecule has 2 aliphatic heterocycles. The lowest BCUT2D eigenvalue weighted by atomic mass is 9.94. The Hall–Kier alpha value is -1.21. The number of nitrogens with one attached hydrogen (secondary N) is 1. The van der Waals surface area contributed by atoms with Crippen molar-refractivity contribution in [3.63, 3.8) is 0 Å². The summed E-state index contributed by atoms with van der Waals surface area (Å²) >= 11 is 0. The van der Waals surface area contributed by atoms with Crippen LogP contribution in [0.5, 0.6) is 0 Å². The van der Waals surface area contributed by atoms with Gasteiger partial charge < -0.3 is 5.32 Å². The fraction of sp³-hybridized carbons (Fsp3) is 0.571. The van der Waals surface area contributed by atoms with Crippen LogP contribution in [-0.4, -0.2) is 30.6 Å². The third-order valence-corrected chi connectivity index (χ3v) is 4.36. The van der Waals surface area contributed by atoms with Crippen LogP contribution >= 0.6 is 0 Å². The second-order valence-corrected chi connectivity index (χ2v) is 5.71. The fourth-order valence-corrected chi connectivity index (χ4v) is 3.28. The Labute approximate surface area is 118 Å². The molecule has 2 unspecified atom stereocenters. The summed E-state index contributed by atoms with van der Waals surface area (Å²) in [4.78, 5) is 1.74. The van der Waals surface area contributed by atoms with Crippen LogP contribution in [0.15, 0.2) is 0 Å². The van der Waals surface area contributed by atoms with Crippen molar-refractivity contribution in [1.82, 2.24) is 10.2 Å². The van der Waals surface area contributed by atoms with E-state index >= 15 is 0 Å². The molecule has 0 radical (unpaired) electrons. The number of halogens is 5. The highest BCUT2D eigenvalue weighted by Gasteiger charge is 2.35. The SMILES string of the molecule is Fc1c(F)c(F)c(CN2CC3CCCNC3C2)c(F)c1F. The summed E-state index contributed by atoms with van der Waals surface area (Å²) in [6.45, 7) is 1.80. The predicted molar refractivity (Wildman–Crippen MR) is 66.0 cm³/mol. The van der Waals surface area contributed by atoms with Gasteiger partial charge in [-0.2, -0.15) is 0 Å². The molecule has 1 aromatic rings. The van der Waals surface area contributed by atoms with Crippen molar-refractivity contribution in [2.45, 2.75) is 25.4 Å². The Bertz CT molecular complexity index is 520. The maximum Gasteiger partial charge on any atom is 0.200 e. The van der Waals surface area contributed by atoms with Crippen molar-refractivity contribution < 1.29 is 22.0 Å². The van der Waals surface area contributed by atoms with Crippen LogP contribution in [0.2, 0.25) is 0 Å². The van der Waals surface area contributed by atoms with E-state index in [0.29, 0.717) is 19.0 Å². The summed E-state index contributed by atoms with van der Waals surface area (Å²) in [6.07, 6.45) is 2.06. The van der Waals surface area contributed by atoms with E-state index in [1.54, 1.807) is 4.90 Å². The van der Waals surface area contributed by atoms with E-state index in [9.17, 15) is 22.0 Å². The molecular formula is C14H15F5N2. The van der Waals surface area contributed by atoms with Crippen LogP contribution in [0.3, 0.4) is 0 Å². The molecule has 2 fully saturated rings. The zero-order valence-corrected chi connectivity index (χ0v) is 11.2. The first-order chi connectivity index (χ1) is 9.99. The number of hydrogen-bond acceptors (Lipinski definition) is 2. The molecule has 0 bridgehead atoms. The standard InChI is InChI=1S/C14H15F5N2/c15-10-8(11(16)13(18)14(19)12(10)17)5-21-4-7-2-1-3-20-9(7)6-21/h7,9,20H,1-6H2. The van der Waals surface area contributed by atoms with Crippen molar-refractivity contribution in [3.05, 3.63) is 34.6 Å². The molecule has 0 amide bonds. The first-order valence-electron chi connectivity index (χ1n) is 6.95. The van der Waals surface area contributed by atoms with Gasteiger partial charge in [-0.05, 0) is 25.3 Å². The van der Waals surface area contributed by atoms with Crippen molar-refractivity contribution in [2.24, 2.45) is 5.92 Å². The molecule has 7 heteroatoms. The Morgan fingerprint density at radius 2 is 1.52 bits per heavy atom. The molecule has 2 atom stereocenters. The van der Waals surface area contributed by atoms with Crippen LogP contribution < -0.4 is 5.32 Å². The van der Waals surface area contributed by atoms with Crippen molar-refractivity contribution >= 4 is 0 Å². The maximum absolute atomic E-state index is 13.7. The summed E-state index contributed by atoms with van der Waals surface area (Å²) < 4.78 is 66.7. The minimum absolute atomic E-state index is 0.236. The number of likely N-dealkylation sites (tertiary alicyclic amines) is 1. The molecule has 0 saturated carbocycles. The summed E-state index contributed by atoms with van der Waals surface area (Å²) in [5.41, 5.74) is -0.745. The van der Waals surface area contributed by atoms with E-state index < -0.39 is 34.6 Å². The molecule has 21 heavy (non-hydrogen) atoms. The van der Waals surface area contributed by atoms with Gasteiger partial charge in [-0.1, -0.05) is 0 Å². The second-order valence-electron chi connectivity index (χ2n) is 5.71. The van der Waals surface area contributed by atoms with Crippen molar-refractivity contribution in [2.75, 3.05) is 19.6 Å². The first kappa shape index (κ1) is 14.7. The number of fused-ring (bicyclic) bond motifs is 1. The number of rotatable bonds is 2. The second kappa shape index (κ2) is 5.53. The number of hydrogen-bond donors (Lipinski definition) is 1. The summed E-state index contributed by atoms with van der Waals surface area (Å²) in [7, 11) is 0. The highest BCUT2D eigenvalue weighted by Crippen LogP contribution is 2.29. The molecule has 2 aliphatic rings. The highest BCUT2D eigenvalue weighted by molar-refractivity contribution is 5.24. The lowest BCUT2D eigenvalue weighted by Crippen LogP contribution is -2.40. The van der Waals surface area contributed by atoms with E-state index in [4.69, 9.17) is 0 Å². The minimum Gasteiger partial charge on any atom is -0.312 e. The highest BCUT2D eigenvalue weighted by atomic mass is 19.2. The van der Waals surface area contributed by atoms with Gasteiger partial charge in [0.1, 0.15) is 0 Å². The zero-order chi connectivity index (χ0) is 15.1. The summed E-state index contributed by atoms with van der Waals surface area (Å²) in [5.74, 6) is -8.94.